The van der Waals surface area contributed by atoms with Crippen molar-refractivity contribution in [2.75, 3.05) is 6.61 Å². The zero-order valence-corrected chi connectivity index (χ0v) is 9.64. The van der Waals surface area contributed by atoms with Crippen LogP contribution in [0.5, 0.6) is 0 Å². The molecule has 0 bridgehead atoms. The molecular weight excluding hydrogens is 200 g/mol. The van der Waals surface area contributed by atoms with Crippen LogP contribution in [0.15, 0.2) is 0 Å². The topological polar surface area (TPSA) is 68.2 Å². The van der Waals surface area contributed by atoms with Gasteiger partial charge in [-0.2, -0.15) is 0 Å². The van der Waals surface area contributed by atoms with Crippen LogP contribution in [-0.2, 0) is 14.2 Å². The molecule has 0 aromatic heterocycles. The van der Waals surface area contributed by atoms with Crippen LogP contribution >= 0.6 is 0 Å². The molecule has 1 saturated heterocycles. The number of rotatable bonds is 4. The molecule has 15 heavy (non-hydrogen) atoms. The minimum absolute atomic E-state index is 0.187. The maximum absolute atomic E-state index is 9.33. The Morgan fingerprint density at radius 2 is 2.00 bits per heavy atom. The van der Waals surface area contributed by atoms with Gasteiger partial charge in [0, 0.05) is 0 Å². The first-order chi connectivity index (χ1) is 6.85. The quantitative estimate of drug-likeness (QED) is 0.710. The van der Waals surface area contributed by atoms with E-state index in [4.69, 9.17) is 19.3 Å². The SMILES string of the molecule is CC1OC(C)(C)O[C@H]1O[C@@H](C)C(O)CO. The zero-order valence-electron chi connectivity index (χ0n) is 9.64. The Bertz CT molecular complexity index is 206. The standard InChI is InChI=1S/C10H20O5/c1-6(8(12)5-11)13-9-7(2)14-10(3,4)15-9/h6-9,11-12H,5H2,1-4H3/t6-,7?,8?,9+/m0/s1. The molecule has 2 unspecified atom stereocenters. The van der Waals surface area contributed by atoms with Crippen LogP contribution < -0.4 is 0 Å². The van der Waals surface area contributed by atoms with Gasteiger partial charge in [0.1, 0.15) is 12.2 Å². The molecule has 5 nitrogen and oxygen atoms in total. The third kappa shape index (κ3) is 3.39. The molecule has 90 valence electrons. The molecule has 1 fully saturated rings. The first kappa shape index (κ1) is 12.9. The van der Waals surface area contributed by atoms with Crippen molar-refractivity contribution in [2.45, 2.75) is 58.1 Å². The van der Waals surface area contributed by atoms with E-state index >= 15 is 0 Å². The number of ether oxygens (including phenoxy) is 3. The van der Waals surface area contributed by atoms with Crippen molar-refractivity contribution < 1.29 is 24.4 Å². The Hall–Kier alpha value is -0.200. The number of aliphatic hydroxyl groups is 2. The Balaban J connectivity index is 2.46. The summed E-state index contributed by atoms with van der Waals surface area (Å²) in [6.07, 6.45) is -2.07. The van der Waals surface area contributed by atoms with Gasteiger partial charge < -0.3 is 24.4 Å². The fourth-order valence-electron chi connectivity index (χ4n) is 1.50. The van der Waals surface area contributed by atoms with Gasteiger partial charge in [0.05, 0.1) is 12.7 Å². The highest BCUT2D eigenvalue weighted by Gasteiger charge is 2.40. The van der Waals surface area contributed by atoms with E-state index in [1.54, 1.807) is 20.8 Å². The van der Waals surface area contributed by atoms with Gasteiger partial charge in [-0.1, -0.05) is 0 Å². The Kier molecular flexibility index (Phi) is 4.08. The molecule has 0 spiro atoms. The second-order valence-electron chi connectivity index (χ2n) is 4.30. The Morgan fingerprint density at radius 3 is 2.40 bits per heavy atom. The molecule has 0 radical (unpaired) electrons. The molecule has 0 aromatic carbocycles. The zero-order chi connectivity index (χ0) is 11.6. The lowest BCUT2D eigenvalue weighted by molar-refractivity contribution is -0.215. The lowest BCUT2D eigenvalue weighted by atomic mass is 10.2. The lowest BCUT2D eigenvalue weighted by Gasteiger charge is -2.23. The van der Waals surface area contributed by atoms with Gasteiger partial charge in [0.15, 0.2) is 12.1 Å². The molecule has 1 aliphatic heterocycles. The van der Waals surface area contributed by atoms with Gasteiger partial charge in [-0.25, -0.2) is 0 Å². The molecule has 2 N–H and O–H groups in total. The van der Waals surface area contributed by atoms with Crippen molar-refractivity contribution >= 4 is 0 Å². The third-order valence-corrected chi connectivity index (χ3v) is 2.33. The summed E-state index contributed by atoms with van der Waals surface area (Å²) in [5, 5.41) is 18.1. The van der Waals surface area contributed by atoms with Crippen molar-refractivity contribution in [1.29, 1.82) is 0 Å². The molecular formula is C10H20O5. The van der Waals surface area contributed by atoms with Crippen LogP contribution in [0.4, 0.5) is 0 Å². The van der Waals surface area contributed by atoms with Gasteiger partial charge in [0.2, 0.25) is 0 Å². The second-order valence-corrected chi connectivity index (χ2v) is 4.30. The molecule has 1 heterocycles. The monoisotopic (exact) mass is 220 g/mol. The van der Waals surface area contributed by atoms with Crippen molar-refractivity contribution in [2.24, 2.45) is 0 Å². The van der Waals surface area contributed by atoms with Crippen LogP contribution in [0.25, 0.3) is 0 Å². The number of hydrogen-bond donors (Lipinski definition) is 2. The van der Waals surface area contributed by atoms with Crippen LogP contribution in [-0.4, -0.2) is 47.2 Å². The summed E-state index contributed by atoms with van der Waals surface area (Å²) in [5.74, 6) is -0.659. The maximum atomic E-state index is 9.33. The van der Waals surface area contributed by atoms with Crippen LogP contribution in [0.1, 0.15) is 27.7 Å². The minimum atomic E-state index is -0.899. The average molecular weight is 220 g/mol. The molecule has 0 aliphatic carbocycles. The van der Waals surface area contributed by atoms with E-state index < -0.39 is 24.3 Å². The highest BCUT2D eigenvalue weighted by molar-refractivity contribution is 4.74. The first-order valence-electron chi connectivity index (χ1n) is 5.16. The van der Waals surface area contributed by atoms with E-state index in [1.165, 1.54) is 0 Å². The normalized spacial score (nSPS) is 34.0. The van der Waals surface area contributed by atoms with E-state index in [2.05, 4.69) is 0 Å². The lowest BCUT2D eigenvalue weighted by Crippen LogP contribution is -2.36. The molecule has 0 amide bonds. The van der Waals surface area contributed by atoms with E-state index in [9.17, 15) is 5.11 Å². The summed E-state index contributed by atoms with van der Waals surface area (Å²) in [5.41, 5.74) is 0. The van der Waals surface area contributed by atoms with Crippen LogP contribution in [0.2, 0.25) is 0 Å². The fraction of sp³-hybridized carbons (Fsp3) is 1.00. The summed E-state index contributed by atoms with van der Waals surface area (Å²) < 4.78 is 16.4. The third-order valence-electron chi connectivity index (χ3n) is 2.33. The molecule has 1 rings (SSSR count). The summed E-state index contributed by atoms with van der Waals surface area (Å²) in [6.45, 7) is 6.81. The van der Waals surface area contributed by atoms with E-state index in [-0.39, 0.29) is 12.7 Å². The van der Waals surface area contributed by atoms with E-state index in [0.717, 1.165) is 0 Å². The molecule has 1 aliphatic rings. The summed E-state index contributed by atoms with van der Waals surface area (Å²) in [4.78, 5) is 0. The largest absolute Gasteiger partial charge is 0.394 e. The van der Waals surface area contributed by atoms with Crippen LogP contribution in [0, 0.1) is 0 Å². The number of aliphatic hydroxyl groups excluding tert-OH is 2. The van der Waals surface area contributed by atoms with Crippen molar-refractivity contribution in [1.82, 2.24) is 0 Å². The smallest absolute Gasteiger partial charge is 0.187 e. The Morgan fingerprint density at radius 1 is 1.40 bits per heavy atom. The molecule has 0 aromatic rings. The Labute approximate surface area is 89.9 Å². The highest BCUT2D eigenvalue weighted by Crippen LogP contribution is 2.29. The summed E-state index contributed by atoms with van der Waals surface area (Å²) in [6, 6.07) is 0. The maximum Gasteiger partial charge on any atom is 0.187 e. The predicted octanol–water partition coefficient (Wildman–Crippen LogP) is 0.242. The van der Waals surface area contributed by atoms with Gasteiger partial charge in [-0.15, -0.1) is 0 Å². The van der Waals surface area contributed by atoms with E-state index in [1.807, 2.05) is 6.92 Å². The average Bonchev–Trinajstić information content (AvgIpc) is 2.38. The van der Waals surface area contributed by atoms with Gasteiger partial charge in [0.25, 0.3) is 0 Å². The molecule has 0 saturated carbocycles. The van der Waals surface area contributed by atoms with Gasteiger partial charge in [-0.05, 0) is 27.7 Å². The predicted molar refractivity (Wildman–Crippen MR) is 53.1 cm³/mol. The summed E-state index contributed by atoms with van der Waals surface area (Å²) >= 11 is 0. The second kappa shape index (κ2) is 4.76. The molecule has 4 atom stereocenters. The van der Waals surface area contributed by atoms with Crippen molar-refractivity contribution in [3.8, 4) is 0 Å². The minimum Gasteiger partial charge on any atom is -0.394 e. The molecule has 5 heteroatoms. The van der Waals surface area contributed by atoms with Crippen molar-refractivity contribution in [3.63, 3.8) is 0 Å². The van der Waals surface area contributed by atoms with Gasteiger partial charge in [-0.3, -0.25) is 0 Å². The number of hydrogen-bond acceptors (Lipinski definition) is 5. The van der Waals surface area contributed by atoms with Gasteiger partial charge >= 0.3 is 0 Å². The van der Waals surface area contributed by atoms with Crippen molar-refractivity contribution in [3.05, 3.63) is 0 Å². The summed E-state index contributed by atoms with van der Waals surface area (Å²) in [7, 11) is 0. The van der Waals surface area contributed by atoms with Crippen LogP contribution in [0.3, 0.4) is 0 Å². The highest BCUT2D eigenvalue weighted by atomic mass is 16.8. The fourth-order valence-corrected chi connectivity index (χ4v) is 1.50. The first-order valence-corrected chi connectivity index (χ1v) is 5.16. The van der Waals surface area contributed by atoms with E-state index in [0.29, 0.717) is 0 Å².